The summed E-state index contributed by atoms with van der Waals surface area (Å²) in [7, 11) is -0.660. The molecule has 1 N–H and O–H groups in total. The third-order valence-corrected chi connectivity index (χ3v) is 15.6. The van der Waals surface area contributed by atoms with E-state index in [9.17, 15) is 14.7 Å². The van der Waals surface area contributed by atoms with Gasteiger partial charge in [0, 0.05) is 55.4 Å². The van der Waals surface area contributed by atoms with Gasteiger partial charge in [-0.15, -0.1) is 0 Å². The van der Waals surface area contributed by atoms with Crippen molar-refractivity contribution in [2.75, 3.05) is 41.5 Å². The first-order valence-electron chi connectivity index (χ1n) is 17.2. The highest BCUT2D eigenvalue weighted by Gasteiger charge is 2.66. The first kappa shape index (κ1) is 32.5. The van der Waals surface area contributed by atoms with Crippen molar-refractivity contribution in [1.82, 2.24) is 0 Å². The molecule has 3 aromatic rings. The Balaban J connectivity index is 1.29. The fourth-order valence-corrected chi connectivity index (χ4v) is 12.9. The number of hydrogen-bond acceptors (Lipinski definition) is 6. The highest BCUT2D eigenvalue weighted by atomic mass is 28.3. The van der Waals surface area contributed by atoms with Crippen LogP contribution in [-0.2, 0) is 31.3 Å². The molecule has 3 amide bonds. The van der Waals surface area contributed by atoms with E-state index in [1.165, 1.54) is 5.19 Å². The zero-order valence-electron chi connectivity index (χ0n) is 28.3. The molecule has 10 heteroatoms. The normalized spacial score (nSPS) is 25.6. The second kappa shape index (κ2) is 12.5. The van der Waals surface area contributed by atoms with Crippen molar-refractivity contribution in [3.63, 3.8) is 0 Å². The number of aliphatic hydroxyl groups excluding tert-OH is 1. The second-order valence-electron chi connectivity index (χ2n) is 14.2. The standard InChI is InChI=1S/C38H45N3O6Si/c1-25-36(48(3,4)30-16-14-29(46-2)15-17-30)33(19-22-42)47-38(25)31-23-28(40-21-6-8-35(40)44)13-18-32(31)41(37(38)45)24-26-9-11-27(12-10-26)39-20-5-7-34(39)43/h9-18,23,25,33,36,42H,5-8,19-22,24H2,1-4H3/t25-,33+,36-,38+/m1/s1. The predicted molar refractivity (Wildman–Crippen MR) is 189 cm³/mol. The molecule has 1 spiro atoms. The van der Waals surface area contributed by atoms with E-state index in [0.717, 1.165) is 53.3 Å². The molecule has 4 aliphatic rings. The van der Waals surface area contributed by atoms with Gasteiger partial charge in [-0.25, -0.2) is 0 Å². The Bertz CT molecular complexity index is 1730. The highest BCUT2D eigenvalue weighted by Crippen LogP contribution is 2.60. The number of amides is 3. The Morgan fingerprint density at radius 3 is 2.10 bits per heavy atom. The Morgan fingerprint density at radius 1 is 0.896 bits per heavy atom. The van der Waals surface area contributed by atoms with Crippen molar-refractivity contribution in [3.8, 4) is 5.75 Å². The van der Waals surface area contributed by atoms with Crippen LogP contribution in [0.3, 0.4) is 0 Å². The molecule has 0 aromatic heterocycles. The molecule has 0 radical (unpaired) electrons. The maximum atomic E-state index is 15.1. The molecule has 3 fully saturated rings. The molecule has 0 aliphatic carbocycles. The van der Waals surface area contributed by atoms with Crippen LogP contribution in [0.2, 0.25) is 18.6 Å². The minimum atomic E-state index is -2.32. The summed E-state index contributed by atoms with van der Waals surface area (Å²) in [5.41, 5.74) is 2.94. The number of fused-ring (bicyclic) bond motifs is 2. The zero-order valence-corrected chi connectivity index (χ0v) is 29.3. The minimum absolute atomic E-state index is 0.0177. The van der Waals surface area contributed by atoms with E-state index in [0.29, 0.717) is 32.4 Å². The summed E-state index contributed by atoms with van der Waals surface area (Å²) in [6, 6.07) is 22.1. The number of hydrogen-bond donors (Lipinski definition) is 1. The quantitative estimate of drug-likeness (QED) is 0.319. The number of rotatable bonds is 9. The maximum Gasteiger partial charge on any atom is 0.264 e. The average Bonchev–Trinajstić information content (AvgIpc) is 3.84. The lowest BCUT2D eigenvalue weighted by molar-refractivity contribution is -0.146. The summed E-state index contributed by atoms with van der Waals surface area (Å²) in [4.78, 5) is 45.7. The lowest BCUT2D eigenvalue weighted by Crippen LogP contribution is -2.51. The number of methoxy groups -OCH3 is 1. The van der Waals surface area contributed by atoms with Gasteiger partial charge in [0.05, 0.1) is 33.5 Å². The van der Waals surface area contributed by atoms with Crippen LogP contribution in [0.4, 0.5) is 17.1 Å². The monoisotopic (exact) mass is 667 g/mol. The fourth-order valence-electron chi connectivity index (χ4n) is 8.83. The molecule has 252 valence electrons. The van der Waals surface area contributed by atoms with E-state index in [1.807, 2.05) is 69.3 Å². The van der Waals surface area contributed by atoms with Crippen LogP contribution in [-0.4, -0.2) is 63.8 Å². The minimum Gasteiger partial charge on any atom is -0.497 e. The Morgan fingerprint density at radius 2 is 1.52 bits per heavy atom. The average molecular weight is 668 g/mol. The summed E-state index contributed by atoms with van der Waals surface area (Å²) < 4.78 is 12.5. The number of nitrogens with zero attached hydrogens (tertiary/aromatic N) is 3. The Kier molecular flexibility index (Phi) is 8.46. The molecule has 3 aromatic carbocycles. The molecule has 4 atom stereocenters. The van der Waals surface area contributed by atoms with E-state index in [4.69, 9.17) is 9.47 Å². The molecule has 9 nitrogen and oxygen atoms in total. The van der Waals surface area contributed by atoms with Gasteiger partial charge in [0.25, 0.3) is 5.91 Å². The van der Waals surface area contributed by atoms with Gasteiger partial charge in [-0.05, 0) is 72.8 Å². The van der Waals surface area contributed by atoms with Gasteiger partial charge in [0.15, 0.2) is 5.60 Å². The molecule has 4 heterocycles. The van der Waals surface area contributed by atoms with Gasteiger partial charge in [-0.2, -0.15) is 0 Å². The van der Waals surface area contributed by atoms with Gasteiger partial charge in [0.2, 0.25) is 11.8 Å². The molecule has 0 saturated carbocycles. The van der Waals surface area contributed by atoms with Crippen LogP contribution < -0.4 is 24.6 Å². The Hall–Kier alpha value is -3.99. The first-order valence-corrected chi connectivity index (χ1v) is 20.3. The fraction of sp³-hybridized carbons (Fsp3) is 0.447. The third kappa shape index (κ3) is 5.16. The van der Waals surface area contributed by atoms with Crippen molar-refractivity contribution < 1.29 is 29.0 Å². The van der Waals surface area contributed by atoms with Crippen molar-refractivity contribution in [2.24, 2.45) is 5.92 Å². The summed E-state index contributed by atoms with van der Waals surface area (Å²) >= 11 is 0. The van der Waals surface area contributed by atoms with Gasteiger partial charge in [-0.1, -0.05) is 49.5 Å². The van der Waals surface area contributed by atoms with E-state index >= 15 is 4.79 Å². The second-order valence-corrected chi connectivity index (χ2v) is 18.9. The largest absolute Gasteiger partial charge is 0.497 e. The Labute approximate surface area is 283 Å². The number of aliphatic hydroxyl groups is 1. The van der Waals surface area contributed by atoms with E-state index in [1.54, 1.807) is 7.11 Å². The van der Waals surface area contributed by atoms with Gasteiger partial charge < -0.3 is 29.3 Å². The van der Waals surface area contributed by atoms with Crippen LogP contribution in [0, 0.1) is 5.92 Å². The van der Waals surface area contributed by atoms with Crippen molar-refractivity contribution in [3.05, 3.63) is 77.9 Å². The number of carbonyl (C=O) groups is 3. The number of ether oxygens (including phenoxy) is 2. The van der Waals surface area contributed by atoms with Crippen LogP contribution in [0.15, 0.2) is 66.7 Å². The summed E-state index contributed by atoms with van der Waals surface area (Å²) in [6.45, 7) is 8.46. The maximum absolute atomic E-state index is 15.1. The summed E-state index contributed by atoms with van der Waals surface area (Å²) in [6.07, 6.45) is 2.85. The number of carbonyl (C=O) groups excluding carboxylic acids is 3. The van der Waals surface area contributed by atoms with Crippen LogP contribution in [0.25, 0.3) is 0 Å². The van der Waals surface area contributed by atoms with Gasteiger partial charge in [-0.3, -0.25) is 14.4 Å². The van der Waals surface area contributed by atoms with E-state index < -0.39 is 13.7 Å². The molecule has 48 heavy (non-hydrogen) atoms. The molecule has 0 bridgehead atoms. The highest BCUT2D eigenvalue weighted by molar-refractivity contribution is 6.91. The SMILES string of the molecule is COc1ccc([Si](C)(C)[C@H]2[C@H](CCO)O[C@@]3(C(=O)N(Cc4ccc(N5CCCC5=O)cc4)c4ccc(N5CCCC5=O)cc43)[C@@H]2C)cc1. The number of benzene rings is 3. The van der Waals surface area contributed by atoms with E-state index in [2.05, 4.69) is 32.2 Å². The first-order chi connectivity index (χ1) is 23.1. The smallest absolute Gasteiger partial charge is 0.264 e. The molecule has 4 aliphatic heterocycles. The predicted octanol–water partition coefficient (Wildman–Crippen LogP) is 5.09. The lowest BCUT2D eigenvalue weighted by Gasteiger charge is -2.37. The van der Waals surface area contributed by atoms with Crippen LogP contribution in [0.1, 0.15) is 50.2 Å². The lowest BCUT2D eigenvalue weighted by atomic mass is 9.82. The zero-order chi connectivity index (χ0) is 33.8. The molecular weight excluding hydrogens is 623 g/mol. The van der Waals surface area contributed by atoms with Gasteiger partial charge >= 0.3 is 0 Å². The molecule has 3 saturated heterocycles. The topological polar surface area (TPSA) is 99.6 Å². The molecular formula is C38H45N3O6Si. The van der Waals surface area contributed by atoms with Crippen molar-refractivity contribution in [1.29, 1.82) is 0 Å². The summed E-state index contributed by atoms with van der Waals surface area (Å²) in [5.74, 6) is 0.704. The summed E-state index contributed by atoms with van der Waals surface area (Å²) in [5, 5.41) is 11.5. The van der Waals surface area contributed by atoms with Gasteiger partial charge in [0.1, 0.15) is 5.75 Å². The van der Waals surface area contributed by atoms with Crippen molar-refractivity contribution >= 4 is 48.0 Å². The molecule has 7 rings (SSSR count). The number of anilines is 3. The van der Waals surface area contributed by atoms with Crippen LogP contribution in [0.5, 0.6) is 5.75 Å². The van der Waals surface area contributed by atoms with Crippen molar-refractivity contribution in [2.45, 2.75) is 75.9 Å². The van der Waals surface area contributed by atoms with E-state index in [-0.39, 0.29) is 41.9 Å². The molecule has 0 unspecified atom stereocenters. The third-order valence-electron chi connectivity index (χ3n) is 11.3. The van der Waals surface area contributed by atoms with Crippen LogP contribution >= 0.6 is 0 Å².